The van der Waals surface area contributed by atoms with E-state index in [0.29, 0.717) is 13.2 Å². The Morgan fingerprint density at radius 2 is 1.91 bits per heavy atom. The van der Waals surface area contributed by atoms with Gasteiger partial charge in [0.25, 0.3) is 0 Å². The summed E-state index contributed by atoms with van der Waals surface area (Å²) in [5.74, 6) is -0.0143. The van der Waals surface area contributed by atoms with Crippen molar-refractivity contribution in [2.75, 3.05) is 13.2 Å². The Kier molecular flexibility index (Phi) is 7.11. The van der Waals surface area contributed by atoms with Gasteiger partial charge >= 0.3 is 6.09 Å². The molecular weight excluding hydrogens is 308 g/mol. The summed E-state index contributed by atoms with van der Waals surface area (Å²) in [5, 5.41) is 0.0761. The molecule has 1 saturated heterocycles. The molecule has 1 aliphatic heterocycles. The van der Waals surface area contributed by atoms with Crippen LogP contribution >= 0.6 is 0 Å². The zero-order valence-corrected chi connectivity index (χ0v) is 16.7. The first-order valence-electron chi connectivity index (χ1n) is 8.85. The first-order chi connectivity index (χ1) is 10.6. The summed E-state index contributed by atoms with van der Waals surface area (Å²) in [6, 6.07) is -0.372. The van der Waals surface area contributed by atoms with E-state index >= 15 is 0 Å². The van der Waals surface area contributed by atoms with Crippen LogP contribution in [-0.2, 0) is 9.53 Å². The third-order valence-corrected chi connectivity index (χ3v) is 9.70. The van der Waals surface area contributed by atoms with Gasteiger partial charge in [-0.15, -0.1) is 0 Å². The number of rotatable bonds is 6. The Hall–Kier alpha value is -1.04. The molecule has 1 atom stereocenters. The summed E-state index contributed by atoms with van der Waals surface area (Å²) in [6.07, 6.45) is 4.29. The lowest BCUT2D eigenvalue weighted by atomic mass is 10.2. The summed E-state index contributed by atoms with van der Waals surface area (Å²) >= 11 is 0. The molecule has 0 aliphatic carbocycles. The SMILES string of the molecule is CCCCCOC(=O)N1CCC[C@H]1C(=O)N[Si](C)(C)C(C)(C)C. The van der Waals surface area contributed by atoms with Crippen molar-refractivity contribution in [3.05, 3.63) is 0 Å². The number of nitrogens with one attached hydrogen (secondary N) is 1. The van der Waals surface area contributed by atoms with Crippen molar-refractivity contribution in [3.63, 3.8) is 0 Å². The minimum atomic E-state index is -1.91. The van der Waals surface area contributed by atoms with Gasteiger partial charge in [0.2, 0.25) is 5.91 Å². The summed E-state index contributed by atoms with van der Waals surface area (Å²) in [4.78, 5) is 29.7. The lowest BCUT2D eigenvalue weighted by molar-refractivity contribution is -0.123. The summed E-state index contributed by atoms with van der Waals surface area (Å²) in [6.45, 7) is 14.0. The van der Waals surface area contributed by atoms with Crippen LogP contribution in [0.1, 0.15) is 59.8 Å². The first-order valence-corrected chi connectivity index (χ1v) is 11.9. The maximum Gasteiger partial charge on any atom is 0.410 e. The average molecular weight is 343 g/mol. The number of unbranched alkanes of at least 4 members (excludes halogenated alkanes) is 2. The van der Waals surface area contributed by atoms with Crippen molar-refractivity contribution in [2.24, 2.45) is 0 Å². The van der Waals surface area contributed by atoms with Crippen LogP contribution in [0.4, 0.5) is 4.79 Å². The molecule has 5 nitrogen and oxygen atoms in total. The third-order valence-electron chi connectivity index (χ3n) is 5.07. The Bertz CT molecular complexity index is 419. The Morgan fingerprint density at radius 1 is 1.26 bits per heavy atom. The van der Waals surface area contributed by atoms with Crippen molar-refractivity contribution < 1.29 is 14.3 Å². The van der Waals surface area contributed by atoms with E-state index in [1.807, 2.05) is 0 Å². The fraction of sp³-hybridized carbons (Fsp3) is 0.882. The minimum Gasteiger partial charge on any atom is -0.449 e. The Morgan fingerprint density at radius 3 is 2.48 bits per heavy atom. The highest BCUT2D eigenvalue weighted by atomic mass is 28.3. The summed E-state index contributed by atoms with van der Waals surface area (Å²) in [7, 11) is -1.91. The number of carbonyl (C=O) groups is 2. The van der Waals surface area contributed by atoms with E-state index in [1.165, 1.54) is 0 Å². The molecule has 23 heavy (non-hydrogen) atoms. The van der Waals surface area contributed by atoms with Crippen LogP contribution in [-0.4, -0.2) is 44.3 Å². The van der Waals surface area contributed by atoms with E-state index in [-0.39, 0.29) is 23.1 Å². The predicted octanol–water partition coefficient (Wildman–Crippen LogP) is 3.90. The molecule has 6 heteroatoms. The number of ether oxygens (including phenoxy) is 1. The van der Waals surface area contributed by atoms with Crippen LogP contribution in [0.3, 0.4) is 0 Å². The highest BCUT2D eigenvalue weighted by molar-refractivity contribution is 6.79. The van der Waals surface area contributed by atoms with E-state index < -0.39 is 8.24 Å². The molecule has 1 rings (SSSR count). The molecule has 134 valence electrons. The molecule has 2 amide bonds. The molecule has 0 radical (unpaired) electrons. The van der Waals surface area contributed by atoms with Crippen LogP contribution in [0, 0.1) is 0 Å². The number of hydrogen-bond donors (Lipinski definition) is 1. The van der Waals surface area contributed by atoms with E-state index in [4.69, 9.17) is 4.74 Å². The highest BCUT2D eigenvalue weighted by Crippen LogP contribution is 2.34. The number of carbonyl (C=O) groups excluding carboxylic acids is 2. The van der Waals surface area contributed by atoms with Crippen molar-refractivity contribution in [1.29, 1.82) is 0 Å². The molecule has 0 aromatic rings. The molecule has 1 aliphatic rings. The van der Waals surface area contributed by atoms with E-state index in [2.05, 4.69) is 45.8 Å². The topological polar surface area (TPSA) is 58.6 Å². The van der Waals surface area contributed by atoms with Crippen LogP contribution < -0.4 is 4.98 Å². The molecule has 1 fully saturated rings. The second kappa shape index (κ2) is 8.17. The largest absolute Gasteiger partial charge is 0.449 e. The highest BCUT2D eigenvalue weighted by Gasteiger charge is 2.41. The zero-order valence-electron chi connectivity index (χ0n) is 15.7. The van der Waals surface area contributed by atoms with Gasteiger partial charge in [-0.3, -0.25) is 9.69 Å². The number of likely N-dealkylation sites (tertiary alicyclic amines) is 1. The fourth-order valence-corrected chi connectivity index (χ4v) is 3.59. The molecule has 1 heterocycles. The second-order valence-electron chi connectivity index (χ2n) is 8.04. The van der Waals surface area contributed by atoms with Crippen LogP contribution in [0.25, 0.3) is 0 Å². The average Bonchev–Trinajstić information content (AvgIpc) is 2.91. The zero-order chi connectivity index (χ0) is 17.7. The quantitative estimate of drug-likeness (QED) is 0.588. The van der Waals surface area contributed by atoms with Gasteiger partial charge in [0.15, 0.2) is 8.24 Å². The van der Waals surface area contributed by atoms with Gasteiger partial charge in [0.1, 0.15) is 6.04 Å². The van der Waals surface area contributed by atoms with Gasteiger partial charge in [0.05, 0.1) is 6.61 Å². The number of hydrogen-bond acceptors (Lipinski definition) is 3. The van der Waals surface area contributed by atoms with Gasteiger partial charge < -0.3 is 9.72 Å². The monoisotopic (exact) mass is 342 g/mol. The van der Waals surface area contributed by atoms with Gasteiger partial charge in [-0.05, 0) is 24.3 Å². The molecule has 0 bridgehead atoms. The number of nitrogens with zero attached hydrogens (tertiary/aromatic N) is 1. The van der Waals surface area contributed by atoms with Crippen LogP contribution in [0.5, 0.6) is 0 Å². The second-order valence-corrected chi connectivity index (χ2v) is 13.0. The predicted molar refractivity (Wildman–Crippen MR) is 95.9 cm³/mol. The van der Waals surface area contributed by atoms with Crippen LogP contribution in [0.2, 0.25) is 18.1 Å². The van der Waals surface area contributed by atoms with E-state index in [9.17, 15) is 9.59 Å². The molecular formula is C17H34N2O3Si. The standard InChI is InChI=1S/C17H34N2O3Si/c1-7-8-9-13-22-16(21)19-12-10-11-14(19)15(20)18-23(5,6)17(2,3)4/h14H,7-13H2,1-6H3,(H,18,20)/t14-/m0/s1. The van der Waals surface area contributed by atoms with Crippen molar-refractivity contribution in [3.8, 4) is 0 Å². The number of amides is 2. The van der Waals surface area contributed by atoms with Gasteiger partial charge in [-0.25, -0.2) is 4.79 Å². The first kappa shape index (κ1) is 20.0. The summed E-state index contributed by atoms with van der Waals surface area (Å²) < 4.78 is 5.32. The molecule has 0 aromatic carbocycles. The fourth-order valence-electron chi connectivity index (χ4n) is 2.43. The van der Waals surface area contributed by atoms with Crippen molar-refractivity contribution >= 4 is 20.2 Å². The van der Waals surface area contributed by atoms with Gasteiger partial charge in [0, 0.05) is 6.54 Å². The maximum absolute atomic E-state index is 12.7. The van der Waals surface area contributed by atoms with Crippen molar-refractivity contribution in [1.82, 2.24) is 9.88 Å². The van der Waals surface area contributed by atoms with E-state index in [1.54, 1.807) is 4.90 Å². The molecule has 0 saturated carbocycles. The third kappa shape index (κ3) is 5.51. The lowest BCUT2D eigenvalue weighted by Gasteiger charge is -2.38. The Balaban J connectivity index is 2.60. The smallest absolute Gasteiger partial charge is 0.410 e. The van der Waals surface area contributed by atoms with Gasteiger partial charge in [-0.2, -0.15) is 0 Å². The lowest BCUT2D eigenvalue weighted by Crippen LogP contribution is -2.59. The van der Waals surface area contributed by atoms with Gasteiger partial charge in [-0.1, -0.05) is 53.6 Å². The normalized spacial score (nSPS) is 18.9. The molecule has 0 aromatic heterocycles. The summed E-state index contributed by atoms with van der Waals surface area (Å²) in [5.41, 5.74) is 0. The van der Waals surface area contributed by atoms with Crippen LogP contribution in [0.15, 0.2) is 0 Å². The minimum absolute atomic E-state index is 0.0143. The maximum atomic E-state index is 12.7. The molecule has 0 unspecified atom stereocenters. The Labute approximate surface area is 142 Å². The van der Waals surface area contributed by atoms with Crippen molar-refractivity contribution in [2.45, 2.75) is 84.0 Å². The molecule has 1 N–H and O–H groups in total. The van der Waals surface area contributed by atoms with E-state index in [0.717, 1.165) is 32.1 Å². The molecule has 0 spiro atoms.